The summed E-state index contributed by atoms with van der Waals surface area (Å²) in [5.74, 6) is -0.190. The number of anilines is 1. The topological polar surface area (TPSA) is 58.2 Å². The van der Waals surface area contributed by atoms with Crippen LogP contribution < -0.4 is 10.6 Å². The van der Waals surface area contributed by atoms with Crippen molar-refractivity contribution in [1.82, 2.24) is 5.32 Å². The van der Waals surface area contributed by atoms with Crippen LogP contribution in [0.15, 0.2) is 18.2 Å². The molecule has 90 valence electrons. The molecule has 0 aliphatic carbocycles. The van der Waals surface area contributed by atoms with E-state index in [4.69, 9.17) is 0 Å². The first-order valence-corrected chi connectivity index (χ1v) is 5.74. The van der Waals surface area contributed by atoms with Crippen LogP contribution >= 0.6 is 0 Å². The van der Waals surface area contributed by atoms with Crippen LogP contribution in [0.5, 0.6) is 0 Å². The van der Waals surface area contributed by atoms with Gasteiger partial charge in [-0.05, 0) is 43.5 Å². The lowest BCUT2D eigenvalue weighted by molar-refractivity contribution is -0.122. The predicted molar refractivity (Wildman–Crippen MR) is 65.7 cm³/mol. The molecule has 2 rings (SSSR count). The number of aryl methyl sites for hydroxylation is 2. The third-order valence-corrected chi connectivity index (χ3v) is 3.09. The van der Waals surface area contributed by atoms with Crippen LogP contribution in [0.4, 0.5) is 5.69 Å². The van der Waals surface area contributed by atoms with E-state index < -0.39 is 0 Å². The fourth-order valence-corrected chi connectivity index (χ4v) is 1.86. The van der Waals surface area contributed by atoms with Crippen LogP contribution in [0, 0.1) is 13.8 Å². The van der Waals surface area contributed by atoms with Gasteiger partial charge in [-0.1, -0.05) is 6.07 Å². The van der Waals surface area contributed by atoms with Gasteiger partial charge in [0.05, 0.1) is 0 Å². The van der Waals surface area contributed by atoms with Gasteiger partial charge in [0, 0.05) is 12.1 Å². The number of benzene rings is 1. The van der Waals surface area contributed by atoms with Crippen molar-refractivity contribution in [2.24, 2.45) is 0 Å². The number of nitrogens with one attached hydrogen (secondary N) is 2. The summed E-state index contributed by atoms with van der Waals surface area (Å²) >= 11 is 0. The average Bonchev–Trinajstić information content (AvgIpc) is 2.70. The number of amides is 2. The standard InChI is InChI=1S/C13H16N2O2/c1-8-3-4-10(7-9(8)2)14-13(17)11-5-6-12(16)15-11/h3-4,7,11H,5-6H2,1-2H3,(H,14,17)(H,15,16)/t11-/m1/s1. The molecule has 4 heteroatoms. The summed E-state index contributed by atoms with van der Waals surface area (Å²) < 4.78 is 0. The van der Waals surface area contributed by atoms with Gasteiger partial charge in [-0.2, -0.15) is 0 Å². The van der Waals surface area contributed by atoms with Crippen LogP contribution in [0.25, 0.3) is 0 Å². The summed E-state index contributed by atoms with van der Waals surface area (Å²) in [6.07, 6.45) is 1.01. The summed E-state index contributed by atoms with van der Waals surface area (Å²) in [6.45, 7) is 4.03. The maximum atomic E-state index is 11.8. The maximum absolute atomic E-state index is 11.8. The van der Waals surface area contributed by atoms with Gasteiger partial charge in [0.2, 0.25) is 11.8 Å². The van der Waals surface area contributed by atoms with Crippen LogP contribution in [0.1, 0.15) is 24.0 Å². The Balaban J connectivity index is 2.03. The highest BCUT2D eigenvalue weighted by Gasteiger charge is 2.27. The monoisotopic (exact) mass is 232 g/mol. The number of rotatable bonds is 2. The zero-order valence-corrected chi connectivity index (χ0v) is 10.0. The second-order valence-electron chi connectivity index (χ2n) is 4.45. The van der Waals surface area contributed by atoms with Crippen LogP contribution in [-0.4, -0.2) is 17.9 Å². The molecular weight excluding hydrogens is 216 g/mol. The molecule has 1 aliphatic rings. The average molecular weight is 232 g/mol. The second kappa shape index (κ2) is 4.57. The molecule has 0 saturated carbocycles. The molecule has 1 heterocycles. The SMILES string of the molecule is Cc1ccc(NC(=O)[C@H]2CCC(=O)N2)cc1C. The molecule has 1 saturated heterocycles. The van der Waals surface area contributed by atoms with E-state index in [0.29, 0.717) is 12.8 Å². The molecule has 1 aromatic rings. The van der Waals surface area contributed by atoms with E-state index in [1.807, 2.05) is 32.0 Å². The summed E-state index contributed by atoms with van der Waals surface area (Å²) in [5.41, 5.74) is 3.11. The van der Waals surface area contributed by atoms with E-state index >= 15 is 0 Å². The van der Waals surface area contributed by atoms with E-state index in [1.165, 1.54) is 5.56 Å². The van der Waals surface area contributed by atoms with Gasteiger partial charge in [0.1, 0.15) is 6.04 Å². The molecule has 0 aromatic heterocycles. The highest BCUT2D eigenvalue weighted by Crippen LogP contribution is 2.15. The van der Waals surface area contributed by atoms with Gasteiger partial charge in [-0.15, -0.1) is 0 Å². The first kappa shape index (κ1) is 11.6. The van der Waals surface area contributed by atoms with Crippen molar-refractivity contribution in [2.45, 2.75) is 32.7 Å². The first-order chi connectivity index (χ1) is 8.06. The molecule has 1 aliphatic heterocycles. The Morgan fingerprint density at radius 3 is 2.71 bits per heavy atom. The molecule has 2 amide bonds. The Kier molecular flexibility index (Phi) is 3.13. The third-order valence-electron chi connectivity index (χ3n) is 3.09. The van der Waals surface area contributed by atoms with Crippen molar-refractivity contribution < 1.29 is 9.59 Å². The van der Waals surface area contributed by atoms with Crippen molar-refractivity contribution in [3.63, 3.8) is 0 Å². The fraction of sp³-hybridized carbons (Fsp3) is 0.385. The van der Waals surface area contributed by atoms with Gasteiger partial charge >= 0.3 is 0 Å². The number of carbonyl (C=O) groups excluding carboxylic acids is 2. The zero-order chi connectivity index (χ0) is 12.4. The highest BCUT2D eigenvalue weighted by atomic mass is 16.2. The Morgan fingerprint density at radius 1 is 1.35 bits per heavy atom. The molecule has 1 fully saturated rings. The van der Waals surface area contributed by atoms with Gasteiger partial charge in [0.15, 0.2) is 0 Å². The van der Waals surface area contributed by atoms with E-state index in [-0.39, 0.29) is 17.9 Å². The lowest BCUT2D eigenvalue weighted by atomic mass is 10.1. The molecule has 17 heavy (non-hydrogen) atoms. The van der Waals surface area contributed by atoms with Gasteiger partial charge in [0.25, 0.3) is 0 Å². The predicted octanol–water partition coefficient (Wildman–Crippen LogP) is 1.52. The molecule has 0 radical (unpaired) electrons. The summed E-state index contributed by atoms with van der Waals surface area (Å²) in [5, 5.41) is 5.47. The minimum absolute atomic E-state index is 0.0507. The lowest BCUT2D eigenvalue weighted by Gasteiger charge is -2.12. The fourth-order valence-electron chi connectivity index (χ4n) is 1.86. The van der Waals surface area contributed by atoms with Crippen molar-refractivity contribution in [1.29, 1.82) is 0 Å². The zero-order valence-electron chi connectivity index (χ0n) is 10.0. The van der Waals surface area contributed by atoms with Gasteiger partial charge < -0.3 is 10.6 Å². The van der Waals surface area contributed by atoms with E-state index in [0.717, 1.165) is 11.3 Å². The van der Waals surface area contributed by atoms with E-state index in [2.05, 4.69) is 10.6 Å². The summed E-state index contributed by atoms with van der Waals surface area (Å²) in [4.78, 5) is 22.8. The van der Waals surface area contributed by atoms with Gasteiger partial charge in [-0.3, -0.25) is 9.59 Å². The Morgan fingerprint density at radius 2 is 2.12 bits per heavy atom. The number of hydrogen-bond acceptors (Lipinski definition) is 2. The highest BCUT2D eigenvalue weighted by molar-refractivity contribution is 5.99. The number of carbonyl (C=O) groups is 2. The van der Waals surface area contributed by atoms with E-state index in [1.54, 1.807) is 0 Å². The maximum Gasteiger partial charge on any atom is 0.246 e. The molecule has 2 N–H and O–H groups in total. The molecule has 4 nitrogen and oxygen atoms in total. The van der Waals surface area contributed by atoms with Crippen LogP contribution in [-0.2, 0) is 9.59 Å². The van der Waals surface area contributed by atoms with E-state index in [9.17, 15) is 9.59 Å². The normalized spacial score (nSPS) is 18.9. The van der Waals surface area contributed by atoms with Crippen LogP contribution in [0.3, 0.4) is 0 Å². The van der Waals surface area contributed by atoms with Crippen LogP contribution in [0.2, 0.25) is 0 Å². The Labute approximate surface area is 100 Å². The third kappa shape index (κ3) is 2.64. The smallest absolute Gasteiger partial charge is 0.246 e. The second-order valence-corrected chi connectivity index (χ2v) is 4.45. The molecule has 0 bridgehead atoms. The minimum atomic E-state index is -0.385. The quantitative estimate of drug-likeness (QED) is 0.812. The Bertz CT molecular complexity index is 468. The Hall–Kier alpha value is -1.84. The molecule has 0 spiro atoms. The van der Waals surface area contributed by atoms with Gasteiger partial charge in [-0.25, -0.2) is 0 Å². The lowest BCUT2D eigenvalue weighted by Crippen LogP contribution is -2.37. The molecule has 1 aromatic carbocycles. The molecular formula is C13H16N2O2. The van der Waals surface area contributed by atoms with Crippen molar-refractivity contribution in [2.75, 3.05) is 5.32 Å². The van der Waals surface area contributed by atoms with Crippen molar-refractivity contribution in [3.8, 4) is 0 Å². The number of hydrogen-bond donors (Lipinski definition) is 2. The first-order valence-electron chi connectivity index (χ1n) is 5.74. The molecule has 0 unspecified atom stereocenters. The van der Waals surface area contributed by atoms with Crippen molar-refractivity contribution >= 4 is 17.5 Å². The summed E-state index contributed by atoms with van der Waals surface area (Å²) in [6, 6.07) is 5.39. The largest absolute Gasteiger partial charge is 0.344 e. The molecule has 1 atom stereocenters. The minimum Gasteiger partial charge on any atom is -0.344 e. The van der Waals surface area contributed by atoms with Crippen molar-refractivity contribution in [3.05, 3.63) is 29.3 Å². The summed E-state index contributed by atoms with van der Waals surface area (Å²) in [7, 11) is 0.